The summed E-state index contributed by atoms with van der Waals surface area (Å²) in [4.78, 5) is 17.9. The van der Waals surface area contributed by atoms with Crippen molar-refractivity contribution in [3.05, 3.63) is 17.1 Å². The Morgan fingerprint density at radius 1 is 1.32 bits per heavy atom. The molecular weight excluding hydrogens is 300 g/mol. The van der Waals surface area contributed by atoms with E-state index in [1.165, 1.54) is 4.88 Å². The molecule has 0 spiro atoms. The maximum absolute atomic E-state index is 12.2. The summed E-state index contributed by atoms with van der Waals surface area (Å²) in [5.74, 6) is 0. The first-order valence-corrected chi connectivity index (χ1v) is 8.84. The Labute approximate surface area is 135 Å². The minimum Gasteiger partial charge on any atom is -0.378 e. The van der Waals surface area contributed by atoms with E-state index in [0.29, 0.717) is 32.3 Å². The number of hydrogen-bond acceptors (Lipinski definition) is 5. The number of likely N-dealkylation sites (tertiary alicyclic amines) is 1. The van der Waals surface area contributed by atoms with Crippen LogP contribution in [0.15, 0.2) is 12.3 Å². The van der Waals surface area contributed by atoms with Crippen molar-refractivity contribution in [3.63, 3.8) is 0 Å². The van der Waals surface area contributed by atoms with Crippen LogP contribution in [0.5, 0.6) is 0 Å². The number of morpholine rings is 1. The van der Waals surface area contributed by atoms with Crippen molar-refractivity contribution in [3.8, 4) is 0 Å². The second kappa shape index (κ2) is 7.89. The fourth-order valence-corrected chi connectivity index (χ4v) is 3.53. The SMILES string of the molecule is O=C(NC1CCN(CCc2ccns2)CC1)N1CCOCC1. The number of nitrogens with zero attached hydrogens (tertiary/aromatic N) is 3. The zero-order chi connectivity index (χ0) is 15.2. The van der Waals surface area contributed by atoms with Crippen molar-refractivity contribution >= 4 is 17.6 Å². The van der Waals surface area contributed by atoms with Crippen LogP contribution >= 0.6 is 11.5 Å². The first kappa shape index (κ1) is 15.7. The zero-order valence-corrected chi connectivity index (χ0v) is 13.7. The van der Waals surface area contributed by atoms with E-state index < -0.39 is 0 Å². The van der Waals surface area contributed by atoms with E-state index in [1.54, 1.807) is 11.5 Å². The average molecular weight is 324 g/mol. The van der Waals surface area contributed by atoms with Crippen molar-refractivity contribution < 1.29 is 9.53 Å². The zero-order valence-electron chi connectivity index (χ0n) is 12.9. The molecule has 1 aromatic heterocycles. The Morgan fingerprint density at radius 2 is 2.09 bits per heavy atom. The molecule has 0 atom stereocenters. The molecule has 6 nitrogen and oxygen atoms in total. The molecule has 2 fully saturated rings. The molecule has 0 aliphatic carbocycles. The van der Waals surface area contributed by atoms with Gasteiger partial charge in [0.25, 0.3) is 0 Å². The smallest absolute Gasteiger partial charge is 0.317 e. The van der Waals surface area contributed by atoms with Crippen LogP contribution in [0.25, 0.3) is 0 Å². The van der Waals surface area contributed by atoms with Gasteiger partial charge in [0.05, 0.1) is 13.2 Å². The van der Waals surface area contributed by atoms with E-state index >= 15 is 0 Å². The lowest BCUT2D eigenvalue weighted by atomic mass is 10.0. The molecule has 0 saturated carbocycles. The number of carbonyl (C=O) groups excluding carboxylic acids is 1. The lowest BCUT2D eigenvalue weighted by Gasteiger charge is -2.34. The van der Waals surface area contributed by atoms with Crippen molar-refractivity contribution in [2.75, 3.05) is 45.9 Å². The van der Waals surface area contributed by atoms with Crippen LogP contribution in [0.1, 0.15) is 17.7 Å². The normalized spacial score (nSPS) is 21.0. The molecule has 7 heteroatoms. The van der Waals surface area contributed by atoms with Gasteiger partial charge in [-0.25, -0.2) is 9.17 Å². The van der Waals surface area contributed by atoms with Crippen molar-refractivity contribution in [2.45, 2.75) is 25.3 Å². The number of carbonyl (C=O) groups is 1. The standard InChI is InChI=1S/C15H24N4O2S/c20-15(19-9-11-21-12-10-19)17-13-2-6-18(7-3-13)8-4-14-1-5-16-22-14/h1,5,13H,2-4,6-12H2,(H,17,20). The summed E-state index contributed by atoms with van der Waals surface area (Å²) in [6.45, 7) is 5.94. The molecule has 3 heterocycles. The number of nitrogens with one attached hydrogen (secondary N) is 1. The van der Waals surface area contributed by atoms with Crippen molar-refractivity contribution in [1.29, 1.82) is 0 Å². The van der Waals surface area contributed by atoms with Gasteiger partial charge < -0.3 is 19.9 Å². The molecule has 2 aliphatic rings. The van der Waals surface area contributed by atoms with Crippen LogP contribution in [0.4, 0.5) is 4.79 Å². The second-order valence-corrected chi connectivity index (χ2v) is 6.81. The molecule has 3 rings (SSSR count). The Hall–Kier alpha value is -1.18. The summed E-state index contributed by atoms with van der Waals surface area (Å²) >= 11 is 1.59. The van der Waals surface area contributed by atoms with E-state index in [1.807, 2.05) is 11.1 Å². The van der Waals surface area contributed by atoms with E-state index in [4.69, 9.17) is 4.74 Å². The monoisotopic (exact) mass is 324 g/mol. The minimum absolute atomic E-state index is 0.0754. The van der Waals surface area contributed by atoms with Gasteiger partial charge in [-0.15, -0.1) is 0 Å². The average Bonchev–Trinajstić information content (AvgIpc) is 3.08. The van der Waals surface area contributed by atoms with Crippen LogP contribution in [0.3, 0.4) is 0 Å². The Bertz CT molecular complexity index is 454. The number of hydrogen-bond donors (Lipinski definition) is 1. The molecular formula is C15H24N4O2S. The van der Waals surface area contributed by atoms with Gasteiger partial charge in [-0.1, -0.05) is 0 Å². The van der Waals surface area contributed by atoms with Crippen molar-refractivity contribution in [2.24, 2.45) is 0 Å². The molecule has 2 saturated heterocycles. The molecule has 0 aromatic carbocycles. The van der Waals surface area contributed by atoms with Gasteiger partial charge in [0, 0.05) is 49.8 Å². The van der Waals surface area contributed by atoms with Gasteiger partial charge >= 0.3 is 6.03 Å². The van der Waals surface area contributed by atoms with Gasteiger partial charge in [-0.2, -0.15) is 0 Å². The second-order valence-electron chi connectivity index (χ2n) is 5.89. The van der Waals surface area contributed by atoms with E-state index in [2.05, 4.69) is 20.7 Å². The van der Waals surface area contributed by atoms with Crippen LogP contribution < -0.4 is 5.32 Å². The molecule has 1 N–H and O–H groups in total. The fraction of sp³-hybridized carbons (Fsp3) is 0.733. The lowest BCUT2D eigenvalue weighted by Crippen LogP contribution is -2.52. The third kappa shape index (κ3) is 4.41. The van der Waals surface area contributed by atoms with Crippen molar-refractivity contribution in [1.82, 2.24) is 19.5 Å². The first-order valence-electron chi connectivity index (χ1n) is 8.06. The molecule has 122 valence electrons. The fourth-order valence-electron chi connectivity index (χ4n) is 2.97. The van der Waals surface area contributed by atoms with Gasteiger partial charge in [0.1, 0.15) is 0 Å². The van der Waals surface area contributed by atoms with Crippen LogP contribution in [0.2, 0.25) is 0 Å². The third-order valence-electron chi connectivity index (χ3n) is 4.38. The maximum Gasteiger partial charge on any atom is 0.317 e. The quantitative estimate of drug-likeness (QED) is 0.904. The largest absolute Gasteiger partial charge is 0.378 e. The number of piperidine rings is 1. The number of aromatic nitrogens is 1. The predicted molar refractivity (Wildman–Crippen MR) is 86.2 cm³/mol. The topological polar surface area (TPSA) is 57.7 Å². The Morgan fingerprint density at radius 3 is 2.77 bits per heavy atom. The molecule has 2 aliphatic heterocycles. The summed E-state index contributed by atoms with van der Waals surface area (Å²) in [5, 5.41) is 3.18. The summed E-state index contributed by atoms with van der Waals surface area (Å²) in [7, 11) is 0. The minimum atomic E-state index is 0.0754. The summed E-state index contributed by atoms with van der Waals surface area (Å²) in [6, 6.07) is 2.49. The highest BCUT2D eigenvalue weighted by Crippen LogP contribution is 2.13. The summed E-state index contributed by atoms with van der Waals surface area (Å²) in [5.41, 5.74) is 0. The molecule has 0 radical (unpaired) electrons. The Kier molecular flexibility index (Phi) is 5.64. The number of amides is 2. The molecule has 0 unspecified atom stereocenters. The van der Waals surface area contributed by atoms with E-state index in [0.717, 1.165) is 38.9 Å². The van der Waals surface area contributed by atoms with Gasteiger partial charge in [0.15, 0.2) is 0 Å². The molecule has 0 bridgehead atoms. The van der Waals surface area contributed by atoms with E-state index in [9.17, 15) is 4.79 Å². The van der Waals surface area contributed by atoms with Gasteiger partial charge in [-0.3, -0.25) is 0 Å². The number of rotatable bonds is 4. The molecule has 1 aromatic rings. The Balaban J connectivity index is 1.35. The van der Waals surface area contributed by atoms with Gasteiger partial charge in [-0.05, 0) is 36.9 Å². The summed E-state index contributed by atoms with van der Waals surface area (Å²) < 4.78 is 9.42. The highest BCUT2D eigenvalue weighted by atomic mass is 32.1. The predicted octanol–water partition coefficient (Wildman–Crippen LogP) is 1.19. The third-order valence-corrected chi connectivity index (χ3v) is 5.18. The number of urea groups is 1. The summed E-state index contributed by atoms with van der Waals surface area (Å²) in [6.07, 6.45) is 5.03. The lowest BCUT2D eigenvalue weighted by molar-refractivity contribution is 0.0517. The first-order chi connectivity index (χ1) is 10.8. The van der Waals surface area contributed by atoms with E-state index in [-0.39, 0.29) is 6.03 Å². The van der Waals surface area contributed by atoms with Crippen LogP contribution in [-0.4, -0.2) is 72.2 Å². The highest BCUT2D eigenvalue weighted by molar-refractivity contribution is 7.05. The van der Waals surface area contributed by atoms with Gasteiger partial charge in [0.2, 0.25) is 0 Å². The highest BCUT2D eigenvalue weighted by Gasteiger charge is 2.23. The molecule has 22 heavy (non-hydrogen) atoms. The van der Waals surface area contributed by atoms with Crippen LogP contribution in [0, 0.1) is 0 Å². The maximum atomic E-state index is 12.2. The van der Waals surface area contributed by atoms with Crippen LogP contribution in [-0.2, 0) is 11.2 Å². The number of ether oxygens (including phenoxy) is 1. The molecule has 2 amide bonds.